The summed E-state index contributed by atoms with van der Waals surface area (Å²) in [7, 11) is 2.08. The van der Waals surface area contributed by atoms with E-state index in [-0.39, 0.29) is 0 Å². The van der Waals surface area contributed by atoms with Crippen molar-refractivity contribution in [1.82, 2.24) is 0 Å². The number of nitrogens with zero attached hydrogens (tertiary/aromatic N) is 1. The van der Waals surface area contributed by atoms with Gasteiger partial charge in [0.2, 0.25) is 0 Å². The van der Waals surface area contributed by atoms with E-state index >= 15 is 0 Å². The number of para-hydroxylation sites is 2. The van der Waals surface area contributed by atoms with Crippen LogP contribution < -0.4 is 9.64 Å². The number of benzene rings is 2. The zero-order valence-corrected chi connectivity index (χ0v) is 11.9. The summed E-state index contributed by atoms with van der Waals surface area (Å²) < 4.78 is 5.98. The molecule has 1 aromatic heterocycles. The highest BCUT2D eigenvalue weighted by atomic mass is 32.1. The van der Waals surface area contributed by atoms with Gasteiger partial charge in [-0.05, 0) is 47.3 Å². The van der Waals surface area contributed by atoms with Crippen LogP contribution in [0.15, 0.2) is 60.0 Å². The molecular weight excluding hydrogens is 266 g/mol. The highest BCUT2D eigenvalue weighted by Gasteiger charge is 2.21. The Labute approximate surface area is 121 Å². The molecule has 0 amide bonds. The molecule has 3 aromatic rings. The van der Waals surface area contributed by atoms with Crippen LogP contribution in [0.3, 0.4) is 0 Å². The van der Waals surface area contributed by atoms with Crippen LogP contribution in [-0.4, -0.2) is 7.05 Å². The summed E-state index contributed by atoms with van der Waals surface area (Å²) in [5.41, 5.74) is 3.44. The van der Waals surface area contributed by atoms with Crippen LogP contribution >= 0.6 is 11.3 Å². The zero-order valence-electron chi connectivity index (χ0n) is 11.0. The third kappa shape index (κ3) is 1.71. The number of hydrogen-bond acceptors (Lipinski definition) is 3. The van der Waals surface area contributed by atoms with Gasteiger partial charge in [0, 0.05) is 11.9 Å². The maximum absolute atomic E-state index is 5.98. The summed E-state index contributed by atoms with van der Waals surface area (Å²) >= 11 is 1.75. The molecule has 98 valence electrons. The Balaban J connectivity index is 1.84. The van der Waals surface area contributed by atoms with Crippen molar-refractivity contribution in [3.05, 3.63) is 60.0 Å². The number of anilines is 2. The molecule has 0 bridgehead atoms. The van der Waals surface area contributed by atoms with Crippen molar-refractivity contribution in [2.75, 3.05) is 11.9 Å². The van der Waals surface area contributed by atoms with Gasteiger partial charge < -0.3 is 9.64 Å². The van der Waals surface area contributed by atoms with Gasteiger partial charge in [-0.2, -0.15) is 0 Å². The van der Waals surface area contributed by atoms with Gasteiger partial charge in [0.15, 0.2) is 11.5 Å². The first kappa shape index (κ1) is 11.6. The van der Waals surface area contributed by atoms with E-state index in [1.54, 1.807) is 11.3 Å². The van der Waals surface area contributed by atoms with E-state index in [2.05, 4.69) is 53.7 Å². The molecule has 0 aliphatic carbocycles. The number of thiophene rings is 1. The van der Waals surface area contributed by atoms with Crippen molar-refractivity contribution < 1.29 is 4.74 Å². The molecule has 0 saturated carbocycles. The molecule has 0 saturated heterocycles. The smallest absolute Gasteiger partial charge is 0.151 e. The van der Waals surface area contributed by atoms with Crippen LogP contribution in [0.2, 0.25) is 0 Å². The summed E-state index contributed by atoms with van der Waals surface area (Å²) in [6.07, 6.45) is 0. The molecule has 0 fully saturated rings. The summed E-state index contributed by atoms with van der Waals surface area (Å²) in [5.74, 6) is 1.82. The van der Waals surface area contributed by atoms with Crippen molar-refractivity contribution in [3.8, 4) is 21.9 Å². The molecule has 2 nitrogen and oxygen atoms in total. The molecule has 0 radical (unpaired) electrons. The average Bonchev–Trinajstić information content (AvgIpc) is 3.02. The molecular formula is C17H13NOS. The molecule has 0 N–H and O–H groups in total. The molecule has 1 aliphatic heterocycles. The Morgan fingerprint density at radius 3 is 2.60 bits per heavy atom. The summed E-state index contributed by atoms with van der Waals surface area (Å²) in [4.78, 5) is 3.46. The minimum Gasteiger partial charge on any atom is -0.453 e. The quantitative estimate of drug-likeness (QED) is 0.600. The molecule has 1 aliphatic rings. The van der Waals surface area contributed by atoms with Crippen molar-refractivity contribution in [3.63, 3.8) is 0 Å². The van der Waals surface area contributed by atoms with Gasteiger partial charge in [0.25, 0.3) is 0 Å². The van der Waals surface area contributed by atoms with E-state index in [0.717, 1.165) is 22.9 Å². The van der Waals surface area contributed by atoms with E-state index < -0.39 is 0 Å². The van der Waals surface area contributed by atoms with Gasteiger partial charge in [-0.1, -0.05) is 18.2 Å². The lowest BCUT2D eigenvalue weighted by atomic mass is 10.1. The molecule has 4 rings (SSSR count). The maximum Gasteiger partial charge on any atom is 0.151 e. The Hall–Kier alpha value is -2.26. The molecule has 20 heavy (non-hydrogen) atoms. The third-order valence-corrected chi connectivity index (χ3v) is 4.49. The standard InChI is InChI=1S/C17H13NOS/c1-18-13-5-2-3-6-15(13)19-16-9-8-12(11-14(16)18)17-7-4-10-20-17/h2-11H,1H3. The molecule has 3 heteroatoms. The fourth-order valence-electron chi connectivity index (χ4n) is 2.53. The first-order valence-corrected chi connectivity index (χ1v) is 7.39. The molecule has 0 unspecified atom stereocenters. The predicted octanol–water partition coefficient (Wildman–Crippen LogP) is 5.29. The predicted molar refractivity (Wildman–Crippen MR) is 84.3 cm³/mol. The Morgan fingerprint density at radius 2 is 1.75 bits per heavy atom. The third-order valence-electron chi connectivity index (χ3n) is 3.57. The molecule has 0 atom stereocenters. The van der Waals surface area contributed by atoms with Gasteiger partial charge in [-0.15, -0.1) is 11.3 Å². The second-order valence-corrected chi connectivity index (χ2v) is 5.74. The topological polar surface area (TPSA) is 12.5 Å². The van der Waals surface area contributed by atoms with E-state index in [9.17, 15) is 0 Å². The normalized spacial score (nSPS) is 12.6. The molecule has 2 aromatic carbocycles. The number of rotatable bonds is 1. The maximum atomic E-state index is 5.98. The zero-order chi connectivity index (χ0) is 13.5. The van der Waals surface area contributed by atoms with Crippen LogP contribution in [0.1, 0.15) is 0 Å². The Morgan fingerprint density at radius 1 is 0.900 bits per heavy atom. The van der Waals surface area contributed by atoms with Gasteiger partial charge in [-0.3, -0.25) is 0 Å². The van der Waals surface area contributed by atoms with Crippen LogP contribution in [0.25, 0.3) is 10.4 Å². The minimum atomic E-state index is 0.909. The van der Waals surface area contributed by atoms with Crippen LogP contribution in [0, 0.1) is 0 Å². The van der Waals surface area contributed by atoms with Crippen molar-refractivity contribution in [1.29, 1.82) is 0 Å². The van der Waals surface area contributed by atoms with Crippen molar-refractivity contribution in [2.45, 2.75) is 0 Å². The summed E-state index contributed by atoms with van der Waals surface area (Å²) in [6.45, 7) is 0. The van der Waals surface area contributed by atoms with E-state index in [0.29, 0.717) is 0 Å². The SMILES string of the molecule is CN1c2ccccc2Oc2ccc(-c3cccs3)cc21. The van der Waals surface area contributed by atoms with Gasteiger partial charge in [0.05, 0.1) is 11.4 Å². The van der Waals surface area contributed by atoms with Crippen molar-refractivity contribution in [2.24, 2.45) is 0 Å². The lowest BCUT2D eigenvalue weighted by molar-refractivity contribution is 0.475. The fourth-order valence-corrected chi connectivity index (χ4v) is 3.25. The minimum absolute atomic E-state index is 0.909. The number of fused-ring (bicyclic) bond motifs is 2. The highest BCUT2D eigenvalue weighted by Crippen LogP contribution is 2.46. The lowest BCUT2D eigenvalue weighted by Crippen LogP contribution is -2.15. The van der Waals surface area contributed by atoms with E-state index in [1.165, 1.54) is 10.4 Å². The molecule has 0 spiro atoms. The van der Waals surface area contributed by atoms with Gasteiger partial charge in [0.1, 0.15) is 0 Å². The summed E-state index contributed by atoms with van der Waals surface area (Å²) in [5, 5.41) is 2.10. The number of hydrogen-bond donors (Lipinski definition) is 0. The first-order valence-electron chi connectivity index (χ1n) is 6.51. The second kappa shape index (κ2) is 4.39. The van der Waals surface area contributed by atoms with Gasteiger partial charge in [-0.25, -0.2) is 0 Å². The van der Waals surface area contributed by atoms with Crippen LogP contribution in [-0.2, 0) is 0 Å². The highest BCUT2D eigenvalue weighted by molar-refractivity contribution is 7.13. The van der Waals surface area contributed by atoms with Crippen molar-refractivity contribution >= 4 is 22.7 Å². The summed E-state index contributed by atoms with van der Waals surface area (Å²) in [6, 6.07) is 18.7. The second-order valence-electron chi connectivity index (χ2n) is 4.79. The number of ether oxygens (including phenoxy) is 1. The van der Waals surface area contributed by atoms with Crippen LogP contribution in [0.4, 0.5) is 11.4 Å². The van der Waals surface area contributed by atoms with E-state index in [1.807, 2.05) is 18.2 Å². The monoisotopic (exact) mass is 279 g/mol. The van der Waals surface area contributed by atoms with Gasteiger partial charge >= 0.3 is 0 Å². The average molecular weight is 279 g/mol. The van der Waals surface area contributed by atoms with Crippen LogP contribution in [0.5, 0.6) is 11.5 Å². The largest absolute Gasteiger partial charge is 0.453 e. The first-order chi connectivity index (χ1) is 9.83. The Kier molecular flexibility index (Phi) is 2.54. The fraction of sp³-hybridized carbons (Fsp3) is 0.0588. The van der Waals surface area contributed by atoms with E-state index in [4.69, 9.17) is 4.74 Å². The lowest BCUT2D eigenvalue weighted by Gasteiger charge is -2.29. The molecule has 2 heterocycles. The Bertz CT molecular complexity index is 764.